The smallest absolute Gasteiger partial charge is 0.147 e. The molecule has 73 heavy (non-hydrogen) atoms. The summed E-state index contributed by atoms with van der Waals surface area (Å²) in [6, 6.07) is 55.1. The van der Waals surface area contributed by atoms with Crippen molar-refractivity contribution in [3.05, 3.63) is 180 Å². The third kappa shape index (κ3) is 9.11. The fourth-order valence-electron chi connectivity index (χ4n) is 10.3. The van der Waals surface area contributed by atoms with Gasteiger partial charge in [0.25, 0.3) is 0 Å². The second kappa shape index (κ2) is 18.2. The molecule has 0 aliphatic rings. The van der Waals surface area contributed by atoms with Crippen LogP contribution in [0, 0.1) is 0 Å². The molecule has 10 rings (SSSR count). The standard InChI is InChI=1S/C67H70N2O4/c1-64(2,3)42-30-32-60(50(36-42)52-38-44(66(7,8)9)40-58(62(52)70)68-54-26-17-13-22-46(54)47-23-14-18-27-55(47)68)72-34-21-35-73-61-33-31-43(65(4,5)6)37-51(61)53-39-45(67(10,11)12)41-59(63(53)71)69-56-28-19-15-24-48(56)49-25-16-20-29-57(49)69/h13-20,22-33,36-41,70-71H,21,34-35H2,1-12H3. The maximum absolute atomic E-state index is 12.7. The van der Waals surface area contributed by atoms with Crippen molar-refractivity contribution in [1.82, 2.24) is 9.13 Å². The lowest BCUT2D eigenvalue weighted by molar-refractivity contribution is 0.248. The van der Waals surface area contributed by atoms with Crippen molar-refractivity contribution in [2.45, 2.75) is 111 Å². The highest BCUT2D eigenvalue weighted by Crippen LogP contribution is 2.48. The SMILES string of the molecule is CC(C)(C)c1ccc(OCCCOc2ccc(C(C)(C)C)cc2-c2cc(C(C)(C)C)cc(-n3c4ccccc4c4ccccc43)c2O)c(-c2cc(C(C)(C)C)cc(-n3c4ccccc4c4ccccc43)c2O)c1. The monoisotopic (exact) mass is 967 g/mol. The average molecular weight is 967 g/mol. The molecule has 0 atom stereocenters. The van der Waals surface area contributed by atoms with Crippen molar-refractivity contribution in [3.63, 3.8) is 0 Å². The third-order valence-electron chi connectivity index (χ3n) is 14.6. The third-order valence-corrected chi connectivity index (χ3v) is 14.6. The number of aromatic hydroxyl groups is 2. The van der Waals surface area contributed by atoms with E-state index in [4.69, 9.17) is 9.47 Å². The summed E-state index contributed by atoms with van der Waals surface area (Å²) in [5.41, 5.74) is 12.5. The van der Waals surface area contributed by atoms with E-state index >= 15 is 0 Å². The van der Waals surface area contributed by atoms with Crippen LogP contribution in [-0.4, -0.2) is 32.6 Å². The van der Waals surface area contributed by atoms with E-state index in [1.807, 2.05) is 0 Å². The topological polar surface area (TPSA) is 68.8 Å². The first-order valence-electron chi connectivity index (χ1n) is 25.9. The van der Waals surface area contributed by atoms with Crippen LogP contribution in [0.25, 0.3) is 77.2 Å². The zero-order valence-electron chi connectivity index (χ0n) is 44.7. The molecular formula is C67H70N2O4. The van der Waals surface area contributed by atoms with Crippen LogP contribution in [0.2, 0.25) is 0 Å². The first-order valence-corrected chi connectivity index (χ1v) is 25.9. The molecule has 0 unspecified atom stereocenters. The first-order chi connectivity index (χ1) is 34.6. The zero-order chi connectivity index (χ0) is 51.8. The van der Waals surface area contributed by atoms with Crippen LogP contribution in [-0.2, 0) is 21.7 Å². The normalized spacial score (nSPS) is 12.7. The number of hydrogen-bond donors (Lipinski definition) is 2. The molecule has 2 N–H and O–H groups in total. The Morgan fingerprint density at radius 3 is 0.932 bits per heavy atom. The fraction of sp³-hybridized carbons (Fsp3) is 0.284. The van der Waals surface area contributed by atoms with Gasteiger partial charge < -0.3 is 28.8 Å². The molecule has 0 aliphatic carbocycles. The molecule has 372 valence electrons. The van der Waals surface area contributed by atoms with Gasteiger partial charge in [-0.05, 0) is 117 Å². The number of ether oxygens (including phenoxy) is 2. The zero-order valence-corrected chi connectivity index (χ0v) is 44.7. The van der Waals surface area contributed by atoms with Gasteiger partial charge in [-0.3, -0.25) is 0 Å². The number of benzene rings is 8. The van der Waals surface area contributed by atoms with Gasteiger partial charge in [0.1, 0.15) is 23.0 Å². The summed E-state index contributed by atoms with van der Waals surface area (Å²) in [7, 11) is 0. The minimum absolute atomic E-state index is 0.153. The van der Waals surface area contributed by atoms with Gasteiger partial charge >= 0.3 is 0 Å². The molecule has 6 heteroatoms. The van der Waals surface area contributed by atoms with Gasteiger partial charge in [0.15, 0.2) is 0 Å². The largest absolute Gasteiger partial charge is 0.505 e. The Bertz CT molecular complexity index is 3380. The van der Waals surface area contributed by atoms with Crippen LogP contribution < -0.4 is 9.47 Å². The van der Waals surface area contributed by atoms with Gasteiger partial charge in [-0.15, -0.1) is 0 Å². The van der Waals surface area contributed by atoms with Crippen molar-refractivity contribution in [2.24, 2.45) is 0 Å². The maximum atomic E-state index is 12.7. The van der Waals surface area contributed by atoms with Crippen molar-refractivity contribution < 1.29 is 19.7 Å². The Labute approximate surface area is 431 Å². The van der Waals surface area contributed by atoms with E-state index in [-0.39, 0.29) is 33.2 Å². The summed E-state index contributed by atoms with van der Waals surface area (Å²) >= 11 is 0. The molecule has 0 saturated heterocycles. The van der Waals surface area contributed by atoms with Gasteiger partial charge in [0.2, 0.25) is 0 Å². The predicted molar refractivity (Wildman–Crippen MR) is 306 cm³/mol. The lowest BCUT2D eigenvalue weighted by Crippen LogP contribution is -2.14. The molecule has 0 amide bonds. The van der Waals surface area contributed by atoms with Crippen molar-refractivity contribution in [1.29, 1.82) is 0 Å². The highest BCUT2D eigenvalue weighted by atomic mass is 16.5. The van der Waals surface area contributed by atoms with Crippen LogP contribution in [0.5, 0.6) is 23.0 Å². The average Bonchev–Trinajstić information content (AvgIpc) is 3.86. The fourth-order valence-corrected chi connectivity index (χ4v) is 10.3. The van der Waals surface area contributed by atoms with Gasteiger partial charge in [-0.2, -0.15) is 0 Å². The summed E-state index contributed by atoms with van der Waals surface area (Å²) in [5.74, 6) is 1.79. The number of hydrogen-bond acceptors (Lipinski definition) is 4. The number of para-hydroxylation sites is 4. The first kappa shape index (κ1) is 49.2. The van der Waals surface area contributed by atoms with Crippen molar-refractivity contribution >= 4 is 43.6 Å². The minimum Gasteiger partial charge on any atom is -0.505 e. The Hall–Kier alpha value is -7.44. The Kier molecular flexibility index (Phi) is 12.3. The van der Waals surface area contributed by atoms with Crippen LogP contribution in [0.3, 0.4) is 0 Å². The van der Waals surface area contributed by atoms with Gasteiger partial charge in [0, 0.05) is 50.2 Å². The minimum atomic E-state index is -0.225. The number of fused-ring (bicyclic) bond motifs is 6. The summed E-state index contributed by atoms with van der Waals surface area (Å²) < 4.78 is 18.0. The summed E-state index contributed by atoms with van der Waals surface area (Å²) in [4.78, 5) is 0. The van der Waals surface area contributed by atoms with E-state index in [9.17, 15) is 10.2 Å². The van der Waals surface area contributed by atoms with Gasteiger partial charge in [-0.1, -0.05) is 168 Å². The number of nitrogens with zero attached hydrogens (tertiary/aromatic N) is 2. The summed E-state index contributed by atoms with van der Waals surface area (Å²) in [5, 5.41) is 29.9. The second-order valence-corrected chi connectivity index (χ2v) is 24.0. The molecule has 6 nitrogen and oxygen atoms in total. The number of phenolic OH excluding ortho intramolecular Hbond substituents is 2. The highest BCUT2D eigenvalue weighted by Gasteiger charge is 2.28. The van der Waals surface area contributed by atoms with Crippen molar-refractivity contribution in [3.8, 4) is 56.6 Å². The quantitative estimate of drug-likeness (QED) is 0.134. The Morgan fingerprint density at radius 2 is 0.630 bits per heavy atom. The molecule has 0 spiro atoms. The Morgan fingerprint density at radius 1 is 0.342 bits per heavy atom. The summed E-state index contributed by atoms with van der Waals surface area (Å²) in [6.07, 6.45) is 0.585. The molecule has 10 aromatic rings. The summed E-state index contributed by atoms with van der Waals surface area (Å²) in [6.45, 7) is 27.3. The van der Waals surface area contributed by atoms with Crippen molar-refractivity contribution in [2.75, 3.05) is 13.2 Å². The maximum Gasteiger partial charge on any atom is 0.147 e. The van der Waals surface area contributed by atoms with E-state index in [2.05, 4.69) is 250 Å². The number of aromatic nitrogens is 2. The lowest BCUT2D eigenvalue weighted by Gasteiger charge is -2.26. The van der Waals surface area contributed by atoms with E-state index in [1.54, 1.807) is 0 Å². The molecule has 0 fully saturated rings. The van der Waals surface area contributed by atoms with E-state index in [0.29, 0.717) is 31.1 Å². The molecule has 0 aliphatic heterocycles. The molecular weight excluding hydrogens is 897 g/mol. The van der Waals surface area contributed by atoms with Crippen LogP contribution >= 0.6 is 0 Å². The number of rotatable bonds is 10. The van der Waals surface area contributed by atoms with Gasteiger partial charge in [-0.25, -0.2) is 0 Å². The highest BCUT2D eigenvalue weighted by molar-refractivity contribution is 6.10. The van der Waals surface area contributed by atoms with Crippen LogP contribution in [0.1, 0.15) is 112 Å². The predicted octanol–water partition coefficient (Wildman–Crippen LogP) is 17.7. The molecule has 0 bridgehead atoms. The lowest BCUT2D eigenvalue weighted by atomic mass is 9.82. The molecule has 8 aromatic carbocycles. The van der Waals surface area contributed by atoms with Gasteiger partial charge in [0.05, 0.1) is 46.7 Å². The molecule has 2 heterocycles. The Balaban J connectivity index is 1.01. The van der Waals surface area contributed by atoms with E-state index in [0.717, 1.165) is 99.5 Å². The molecule has 0 saturated carbocycles. The molecule has 0 radical (unpaired) electrons. The van der Waals surface area contributed by atoms with Crippen LogP contribution in [0.4, 0.5) is 0 Å². The van der Waals surface area contributed by atoms with Crippen LogP contribution in [0.15, 0.2) is 158 Å². The second-order valence-electron chi connectivity index (χ2n) is 24.0. The van der Waals surface area contributed by atoms with E-state index in [1.165, 1.54) is 0 Å². The molecule has 2 aromatic heterocycles. The number of phenols is 2. The van der Waals surface area contributed by atoms with E-state index < -0.39 is 0 Å².